The first-order valence-electron chi connectivity index (χ1n) is 9.68. The Kier molecular flexibility index (Phi) is 14.4. The second-order valence-corrected chi connectivity index (χ2v) is 6.10. The highest BCUT2D eigenvalue weighted by molar-refractivity contribution is 6.00. The molecule has 0 aliphatic heterocycles. The fourth-order valence-corrected chi connectivity index (χ4v) is 2.50. The SMILES string of the molecule is CCCCCCCCC(C(=O)OCCC)=C(CC)C(=O)OCCC. The van der Waals surface area contributed by atoms with E-state index in [0.717, 1.165) is 25.7 Å². The lowest BCUT2D eigenvalue weighted by Crippen LogP contribution is -2.17. The number of carbonyl (C=O) groups excluding carboxylic acids is 2. The van der Waals surface area contributed by atoms with Crippen LogP contribution in [0.15, 0.2) is 11.1 Å². The maximum Gasteiger partial charge on any atom is 0.334 e. The van der Waals surface area contributed by atoms with E-state index in [2.05, 4.69) is 6.92 Å². The average molecular weight is 341 g/mol. The maximum atomic E-state index is 12.4. The topological polar surface area (TPSA) is 52.6 Å². The van der Waals surface area contributed by atoms with E-state index < -0.39 is 0 Å². The average Bonchev–Trinajstić information content (AvgIpc) is 2.59. The minimum Gasteiger partial charge on any atom is -0.462 e. The lowest BCUT2D eigenvalue weighted by molar-refractivity contribution is -0.142. The Labute approximate surface area is 148 Å². The molecule has 0 amide bonds. The molecule has 0 aromatic heterocycles. The summed E-state index contributed by atoms with van der Waals surface area (Å²) >= 11 is 0. The van der Waals surface area contributed by atoms with Gasteiger partial charge >= 0.3 is 11.9 Å². The first-order valence-corrected chi connectivity index (χ1v) is 9.68. The van der Waals surface area contributed by atoms with Crippen molar-refractivity contribution in [3.8, 4) is 0 Å². The Balaban J connectivity index is 4.89. The van der Waals surface area contributed by atoms with E-state index in [4.69, 9.17) is 9.47 Å². The molecule has 0 radical (unpaired) electrons. The van der Waals surface area contributed by atoms with E-state index in [1.807, 2.05) is 20.8 Å². The van der Waals surface area contributed by atoms with Crippen LogP contribution in [0.4, 0.5) is 0 Å². The Hall–Kier alpha value is -1.32. The molecular weight excluding hydrogens is 304 g/mol. The molecule has 0 fully saturated rings. The number of rotatable bonds is 14. The second kappa shape index (κ2) is 15.2. The predicted molar refractivity (Wildman–Crippen MR) is 97.8 cm³/mol. The third kappa shape index (κ3) is 9.74. The molecular formula is C20H36O4. The van der Waals surface area contributed by atoms with Crippen LogP contribution in [0.1, 0.15) is 91.9 Å². The van der Waals surface area contributed by atoms with E-state index in [1.165, 1.54) is 25.7 Å². The predicted octanol–water partition coefficient (Wildman–Crippen LogP) is 5.35. The number of ether oxygens (including phenoxy) is 2. The van der Waals surface area contributed by atoms with Crippen LogP contribution in [0.5, 0.6) is 0 Å². The molecule has 0 aliphatic rings. The zero-order chi connectivity index (χ0) is 18.2. The number of hydrogen-bond donors (Lipinski definition) is 0. The summed E-state index contributed by atoms with van der Waals surface area (Å²) in [7, 11) is 0. The Morgan fingerprint density at radius 1 is 0.625 bits per heavy atom. The van der Waals surface area contributed by atoms with Gasteiger partial charge in [-0.05, 0) is 32.1 Å². The van der Waals surface area contributed by atoms with Gasteiger partial charge in [0.25, 0.3) is 0 Å². The number of unbranched alkanes of at least 4 members (excludes halogenated alkanes) is 5. The zero-order valence-corrected chi connectivity index (χ0v) is 16.1. The van der Waals surface area contributed by atoms with Crippen LogP contribution in [0.25, 0.3) is 0 Å². The van der Waals surface area contributed by atoms with Crippen molar-refractivity contribution in [1.82, 2.24) is 0 Å². The smallest absolute Gasteiger partial charge is 0.334 e. The van der Waals surface area contributed by atoms with Crippen LogP contribution >= 0.6 is 0 Å². The molecule has 0 rings (SSSR count). The molecule has 0 unspecified atom stereocenters. The van der Waals surface area contributed by atoms with Crippen LogP contribution in [0, 0.1) is 0 Å². The van der Waals surface area contributed by atoms with Crippen LogP contribution in [0.3, 0.4) is 0 Å². The fourth-order valence-electron chi connectivity index (χ4n) is 2.50. The van der Waals surface area contributed by atoms with Gasteiger partial charge in [0.15, 0.2) is 0 Å². The summed E-state index contributed by atoms with van der Waals surface area (Å²) in [6, 6.07) is 0. The van der Waals surface area contributed by atoms with Crippen molar-refractivity contribution in [2.24, 2.45) is 0 Å². The highest BCUT2D eigenvalue weighted by atomic mass is 16.5. The highest BCUT2D eigenvalue weighted by Gasteiger charge is 2.21. The molecule has 0 bridgehead atoms. The summed E-state index contributed by atoms with van der Waals surface area (Å²) in [5.74, 6) is -0.718. The highest BCUT2D eigenvalue weighted by Crippen LogP contribution is 2.20. The van der Waals surface area contributed by atoms with Crippen LogP contribution in [-0.2, 0) is 19.1 Å². The molecule has 0 atom stereocenters. The van der Waals surface area contributed by atoms with Crippen molar-refractivity contribution >= 4 is 11.9 Å². The summed E-state index contributed by atoms with van der Waals surface area (Å²) in [5, 5.41) is 0. The standard InChI is InChI=1S/C20H36O4/c1-5-9-10-11-12-13-14-18(20(22)24-16-7-3)17(8-4)19(21)23-15-6-2/h5-16H2,1-4H3. The maximum absolute atomic E-state index is 12.4. The van der Waals surface area contributed by atoms with Crippen molar-refractivity contribution in [2.45, 2.75) is 91.9 Å². The Morgan fingerprint density at radius 2 is 1.12 bits per heavy atom. The molecule has 0 aliphatic carbocycles. The molecule has 24 heavy (non-hydrogen) atoms. The quantitative estimate of drug-likeness (QED) is 0.243. The van der Waals surface area contributed by atoms with Gasteiger partial charge in [-0.1, -0.05) is 59.8 Å². The van der Waals surface area contributed by atoms with Gasteiger partial charge in [0.2, 0.25) is 0 Å². The largest absolute Gasteiger partial charge is 0.462 e. The summed E-state index contributed by atoms with van der Waals surface area (Å²) in [6.45, 7) is 8.77. The van der Waals surface area contributed by atoms with Gasteiger partial charge < -0.3 is 9.47 Å². The second-order valence-electron chi connectivity index (χ2n) is 6.10. The number of esters is 2. The van der Waals surface area contributed by atoms with Crippen LogP contribution in [-0.4, -0.2) is 25.2 Å². The zero-order valence-electron chi connectivity index (χ0n) is 16.1. The summed E-state index contributed by atoms with van der Waals surface area (Å²) in [6.07, 6.45) is 9.50. The van der Waals surface area contributed by atoms with Crippen molar-refractivity contribution < 1.29 is 19.1 Å². The van der Waals surface area contributed by atoms with Gasteiger partial charge in [-0.25, -0.2) is 9.59 Å². The first-order chi connectivity index (χ1) is 11.6. The van der Waals surface area contributed by atoms with Crippen molar-refractivity contribution in [1.29, 1.82) is 0 Å². The lowest BCUT2D eigenvalue weighted by Gasteiger charge is -2.13. The third-order valence-corrected chi connectivity index (χ3v) is 3.87. The van der Waals surface area contributed by atoms with Gasteiger partial charge in [-0.3, -0.25) is 0 Å². The number of hydrogen-bond acceptors (Lipinski definition) is 4. The van der Waals surface area contributed by atoms with Crippen LogP contribution < -0.4 is 0 Å². The first kappa shape index (κ1) is 22.7. The van der Waals surface area contributed by atoms with Gasteiger partial charge in [-0.15, -0.1) is 0 Å². The minimum atomic E-state index is -0.367. The van der Waals surface area contributed by atoms with Gasteiger partial charge in [0.1, 0.15) is 0 Å². The fraction of sp³-hybridized carbons (Fsp3) is 0.800. The van der Waals surface area contributed by atoms with Crippen molar-refractivity contribution in [2.75, 3.05) is 13.2 Å². The molecule has 0 heterocycles. The number of carbonyl (C=O) groups is 2. The van der Waals surface area contributed by atoms with E-state index in [0.29, 0.717) is 37.2 Å². The van der Waals surface area contributed by atoms with Crippen molar-refractivity contribution in [3.05, 3.63) is 11.1 Å². The van der Waals surface area contributed by atoms with E-state index in [-0.39, 0.29) is 11.9 Å². The van der Waals surface area contributed by atoms with E-state index >= 15 is 0 Å². The van der Waals surface area contributed by atoms with Gasteiger partial charge in [0, 0.05) is 11.1 Å². The lowest BCUT2D eigenvalue weighted by atomic mass is 9.99. The molecule has 0 aromatic carbocycles. The molecule has 0 N–H and O–H groups in total. The molecule has 0 aromatic rings. The molecule has 0 saturated heterocycles. The normalized spacial score (nSPS) is 11.8. The van der Waals surface area contributed by atoms with Gasteiger partial charge in [0.05, 0.1) is 13.2 Å². The third-order valence-electron chi connectivity index (χ3n) is 3.87. The van der Waals surface area contributed by atoms with Crippen LogP contribution in [0.2, 0.25) is 0 Å². The molecule has 4 nitrogen and oxygen atoms in total. The molecule has 140 valence electrons. The monoisotopic (exact) mass is 340 g/mol. The summed E-state index contributed by atoms with van der Waals surface area (Å²) < 4.78 is 10.5. The Morgan fingerprint density at radius 3 is 1.62 bits per heavy atom. The van der Waals surface area contributed by atoms with E-state index in [1.54, 1.807) is 0 Å². The van der Waals surface area contributed by atoms with E-state index in [9.17, 15) is 9.59 Å². The summed E-state index contributed by atoms with van der Waals surface area (Å²) in [5.41, 5.74) is 1.00. The van der Waals surface area contributed by atoms with Gasteiger partial charge in [-0.2, -0.15) is 0 Å². The van der Waals surface area contributed by atoms with Crippen molar-refractivity contribution in [3.63, 3.8) is 0 Å². The molecule has 4 heteroatoms. The Bertz CT molecular complexity index is 385. The summed E-state index contributed by atoms with van der Waals surface area (Å²) in [4.78, 5) is 24.6. The minimum absolute atomic E-state index is 0.351. The molecule has 0 saturated carbocycles. The molecule has 0 spiro atoms.